The van der Waals surface area contributed by atoms with Crippen molar-refractivity contribution in [2.45, 2.75) is 12.8 Å². The van der Waals surface area contributed by atoms with E-state index < -0.39 is 5.92 Å². The molecular formula is C27H23N5O2S. The number of carbonyl (C=O) groups excluding carboxylic acids is 2. The number of amides is 2. The Bertz CT molecular complexity index is 1320. The molecule has 1 aliphatic heterocycles. The van der Waals surface area contributed by atoms with Crippen molar-refractivity contribution in [3.8, 4) is 6.07 Å². The van der Waals surface area contributed by atoms with Crippen molar-refractivity contribution < 1.29 is 9.59 Å². The van der Waals surface area contributed by atoms with E-state index in [0.29, 0.717) is 33.4 Å². The van der Waals surface area contributed by atoms with E-state index in [9.17, 15) is 14.9 Å². The van der Waals surface area contributed by atoms with E-state index in [4.69, 9.17) is 0 Å². The number of nitrogens with one attached hydrogen (secondary N) is 3. The highest BCUT2D eigenvalue weighted by atomic mass is 32.2. The van der Waals surface area contributed by atoms with Gasteiger partial charge < -0.3 is 16.0 Å². The lowest BCUT2D eigenvalue weighted by Crippen LogP contribution is -2.31. The Hall–Kier alpha value is -4.35. The zero-order chi connectivity index (χ0) is 24.6. The quantitative estimate of drug-likeness (QED) is 0.448. The van der Waals surface area contributed by atoms with Crippen molar-refractivity contribution in [3.05, 3.63) is 112 Å². The molecule has 1 aliphatic rings. The van der Waals surface area contributed by atoms with Crippen LogP contribution in [0.4, 0.5) is 11.5 Å². The Labute approximate surface area is 208 Å². The van der Waals surface area contributed by atoms with Crippen molar-refractivity contribution in [3.63, 3.8) is 0 Å². The smallest absolute Gasteiger partial charge is 0.254 e. The highest BCUT2D eigenvalue weighted by Crippen LogP contribution is 2.40. The molecule has 1 unspecified atom stereocenters. The number of nitriles is 1. The molecule has 0 fully saturated rings. The molecule has 0 bridgehead atoms. The summed E-state index contributed by atoms with van der Waals surface area (Å²) in [5.74, 6) is -0.579. The molecule has 3 aromatic rings. The number of pyridine rings is 1. The summed E-state index contributed by atoms with van der Waals surface area (Å²) >= 11 is 1.22. The fourth-order valence-electron chi connectivity index (χ4n) is 3.78. The number of para-hydroxylation sites is 1. The number of hydrogen-bond donors (Lipinski definition) is 3. The second kappa shape index (κ2) is 11.2. The molecule has 1 atom stereocenters. The topological polar surface area (TPSA) is 107 Å². The van der Waals surface area contributed by atoms with E-state index in [2.05, 4.69) is 27.0 Å². The van der Waals surface area contributed by atoms with E-state index >= 15 is 0 Å². The van der Waals surface area contributed by atoms with Crippen LogP contribution in [0.5, 0.6) is 0 Å². The molecule has 0 radical (unpaired) electrons. The normalized spacial score (nSPS) is 15.1. The molecule has 0 spiro atoms. The molecule has 35 heavy (non-hydrogen) atoms. The standard InChI is InChI=1S/C27H23N5O2S/c1-18-24(26(34)31-20-12-6-3-7-13-20)25(19-10-4-2-5-11-19)21(16-28)27(30-18)35-17-23(33)32-22-14-8-9-15-29-22/h2-15,25,30H,17H2,1H3,(H,31,34)(H,29,32,33). The molecule has 3 N–H and O–H groups in total. The van der Waals surface area contributed by atoms with Crippen LogP contribution in [0, 0.1) is 11.3 Å². The fraction of sp³-hybridized carbons (Fsp3) is 0.111. The predicted molar refractivity (Wildman–Crippen MR) is 138 cm³/mol. The summed E-state index contributed by atoms with van der Waals surface area (Å²) in [6.07, 6.45) is 1.60. The number of benzene rings is 2. The maximum absolute atomic E-state index is 13.4. The van der Waals surface area contributed by atoms with Crippen LogP contribution in [0.15, 0.2) is 107 Å². The van der Waals surface area contributed by atoms with Gasteiger partial charge in [-0.2, -0.15) is 5.26 Å². The van der Waals surface area contributed by atoms with Gasteiger partial charge in [0.05, 0.1) is 28.3 Å². The van der Waals surface area contributed by atoms with Crippen molar-refractivity contribution in [1.82, 2.24) is 10.3 Å². The van der Waals surface area contributed by atoms with Crippen LogP contribution in [0.1, 0.15) is 18.4 Å². The number of allylic oxidation sites excluding steroid dienone is 2. The van der Waals surface area contributed by atoms with Gasteiger partial charge in [0.2, 0.25) is 5.91 Å². The minimum Gasteiger partial charge on any atom is -0.353 e. The number of thioether (sulfide) groups is 1. The lowest BCUT2D eigenvalue weighted by Gasteiger charge is -2.29. The van der Waals surface area contributed by atoms with Crippen LogP contribution in [-0.4, -0.2) is 22.6 Å². The molecule has 4 rings (SSSR count). The monoisotopic (exact) mass is 481 g/mol. The maximum Gasteiger partial charge on any atom is 0.254 e. The molecule has 2 heterocycles. The van der Waals surface area contributed by atoms with Crippen molar-refractivity contribution in [2.75, 3.05) is 16.4 Å². The Morgan fingerprint density at radius 2 is 1.69 bits per heavy atom. The first kappa shape index (κ1) is 23.8. The van der Waals surface area contributed by atoms with E-state index in [0.717, 1.165) is 5.56 Å². The summed E-state index contributed by atoms with van der Waals surface area (Å²) in [5.41, 5.74) is 2.95. The largest absolute Gasteiger partial charge is 0.353 e. The molecule has 0 saturated carbocycles. The van der Waals surface area contributed by atoms with Gasteiger partial charge in [-0.3, -0.25) is 9.59 Å². The predicted octanol–water partition coefficient (Wildman–Crippen LogP) is 4.79. The molecule has 8 heteroatoms. The average Bonchev–Trinajstić information content (AvgIpc) is 2.88. The number of aromatic nitrogens is 1. The van der Waals surface area contributed by atoms with E-state index in [1.165, 1.54) is 11.8 Å². The summed E-state index contributed by atoms with van der Waals surface area (Å²) in [5, 5.41) is 19.6. The molecule has 2 amide bonds. The maximum atomic E-state index is 13.4. The fourth-order valence-corrected chi connectivity index (χ4v) is 4.67. The van der Waals surface area contributed by atoms with E-state index in [1.54, 1.807) is 31.3 Å². The summed E-state index contributed by atoms with van der Waals surface area (Å²) in [4.78, 5) is 30.0. The number of rotatable bonds is 7. The molecule has 0 aliphatic carbocycles. The number of dihydropyridines is 1. The second-order valence-corrected chi connectivity index (χ2v) is 8.72. The number of anilines is 2. The van der Waals surface area contributed by atoms with Crippen LogP contribution in [0.25, 0.3) is 0 Å². The van der Waals surface area contributed by atoms with Gasteiger partial charge in [0.1, 0.15) is 5.82 Å². The van der Waals surface area contributed by atoms with Crippen LogP contribution < -0.4 is 16.0 Å². The number of hydrogen-bond acceptors (Lipinski definition) is 6. The zero-order valence-electron chi connectivity index (χ0n) is 19.0. The van der Waals surface area contributed by atoms with Crippen LogP contribution in [0.2, 0.25) is 0 Å². The Kier molecular flexibility index (Phi) is 7.60. The van der Waals surface area contributed by atoms with Crippen molar-refractivity contribution >= 4 is 35.1 Å². The lowest BCUT2D eigenvalue weighted by molar-refractivity contribution is -0.114. The third-order valence-electron chi connectivity index (χ3n) is 5.34. The second-order valence-electron chi connectivity index (χ2n) is 7.73. The van der Waals surface area contributed by atoms with Gasteiger partial charge in [0.15, 0.2) is 0 Å². The van der Waals surface area contributed by atoms with Crippen molar-refractivity contribution in [2.24, 2.45) is 0 Å². The Balaban J connectivity index is 1.61. The van der Waals surface area contributed by atoms with Gasteiger partial charge >= 0.3 is 0 Å². The SMILES string of the molecule is CC1=C(C(=O)Nc2ccccc2)C(c2ccccc2)C(C#N)=C(SCC(=O)Nc2ccccn2)N1. The number of nitrogens with zero attached hydrogens (tertiary/aromatic N) is 2. The minimum atomic E-state index is -0.576. The van der Waals surface area contributed by atoms with Crippen LogP contribution in [-0.2, 0) is 9.59 Å². The van der Waals surface area contributed by atoms with Gasteiger partial charge in [0, 0.05) is 23.2 Å². The molecular weight excluding hydrogens is 458 g/mol. The summed E-state index contributed by atoms with van der Waals surface area (Å²) in [6, 6.07) is 26.2. The molecule has 2 aromatic carbocycles. The Morgan fingerprint density at radius 1 is 1.00 bits per heavy atom. The highest BCUT2D eigenvalue weighted by Gasteiger charge is 2.34. The third-order valence-corrected chi connectivity index (χ3v) is 6.35. The zero-order valence-corrected chi connectivity index (χ0v) is 19.8. The Morgan fingerprint density at radius 3 is 2.34 bits per heavy atom. The van der Waals surface area contributed by atoms with Gasteiger partial charge in [0.25, 0.3) is 5.91 Å². The molecule has 1 aromatic heterocycles. The van der Waals surface area contributed by atoms with Gasteiger partial charge in [-0.05, 0) is 36.8 Å². The van der Waals surface area contributed by atoms with Crippen molar-refractivity contribution in [1.29, 1.82) is 5.26 Å². The first-order valence-electron chi connectivity index (χ1n) is 10.9. The summed E-state index contributed by atoms with van der Waals surface area (Å²) < 4.78 is 0. The number of carbonyl (C=O) groups is 2. The van der Waals surface area contributed by atoms with Crippen LogP contribution >= 0.6 is 11.8 Å². The molecule has 7 nitrogen and oxygen atoms in total. The van der Waals surface area contributed by atoms with E-state index in [1.807, 2.05) is 60.7 Å². The first-order chi connectivity index (χ1) is 17.1. The third kappa shape index (κ3) is 5.78. The van der Waals surface area contributed by atoms with Crippen LogP contribution in [0.3, 0.4) is 0 Å². The molecule has 174 valence electrons. The summed E-state index contributed by atoms with van der Waals surface area (Å²) in [6.45, 7) is 1.80. The average molecular weight is 482 g/mol. The highest BCUT2D eigenvalue weighted by molar-refractivity contribution is 8.03. The molecule has 0 saturated heterocycles. The first-order valence-corrected chi connectivity index (χ1v) is 11.9. The van der Waals surface area contributed by atoms with Gasteiger partial charge in [-0.25, -0.2) is 4.98 Å². The lowest BCUT2D eigenvalue weighted by atomic mass is 9.82. The van der Waals surface area contributed by atoms with E-state index in [-0.39, 0.29) is 17.6 Å². The van der Waals surface area contributed by atoms with Gasteiger partial charge in [-0.15, -0.1) is 0 Å². The minimum absolute atomic E-state index is 0.0738. The summed E-state index contributed by atoms with van der Waals surface area (Å²) in [7, 11) is 0. The van der Waals surface area contributed by atoms with Gasteiger partial charge in [-0.1, -0.05) is 66.4 Å².